The summed E-state index contributed by atoms with van der Waals surface area (Å²) in [5.41, 5.74) is 0. The van der Waals surface area contributed by atoms with Gasteiger partial charge in [-0.25, -0.2) is 0 Å². The van der Waals surface area contributed by atoms with E-state index in [2.05, 4.69) is 5.32 Å². The molecule has 1 aliphatic heterocycles. The van der Waals surface area contributed by atoms with Crippen LogP contribution < -0.4 is 5.32 Å². The van der Waals surface area contributed by atoms with Gasteiger partial charge in [-0.2, -0.15) is 0 Å². The maximum Gasteiger partial charge on any atom is 0.222 e. The Balaban J connectivity index is 2.40. The van der Waals surface area contributed by atoms with E-state index in [-0.39, 0.29) is 17.9 Å². The van der Waals surface area contributed by atoms with Gasteiger partial charge in [-0.3, -0.25) is 9.59 Å². The van der Waals surface area contributed by atoms with Crippen LogP contribution in [0.5, 0.6) is 0 Å². The van der Waals surface area contributed by atoms with Gasteiger partial charge >= 0.3 is 0 Å². The second-order valence-corrected chi connectivity index (χ2v) is 3.21. The number of hydrogen-bond acceptors (Lipinski definition) is 2. The maximum absolute atomic E-state index is 11.0. The van der Waals surface area contributed by atoms with Gasteiger partial charge in [0.25, 0.3) is 0 Å². The molecule has 0 aromatic heterocycles. The number of nitrogens with zero attached hydrogens (tertiary/aromatic N) is 1. The van der Waals surface area contributed by atoms with Gasteiger partial charge in [0, 0.05) is 33.0 Å². The van der Waals surface area contributed by atoms with Crippen LogP contribution >= 0.6 is 0 Å². The highest BCUT2D eigenvalue weighted by Gasteiger charge is 2.22. The third kappa shape index (κ3) is 2.22. The molecule has 1 N–H and O–H groups in total. The Morgan fingerprint density at radius 1 is 1.67 bits per heavy atom. The molecule has 0 aliphatic carbocycles. The first-order valence-corrected chi connectivity index (χ1v) is 4.10. The smallest absolute Gasteiger partial charge is 0.222 e. The van der Waals surface area contributed by atoms with Gasteiger partial charge in [-0.15, -0.1) is 0 Å². The van der Waals surface area contributed by atoms with Gasteiger partial charge in [0.1, 0.15) is 0 Å². The summed E-state index contributed by atoms with van der Waals surface area (Å²) >= 11 is 0. The summed E-state index contributed by atoms with van der Waals surface area (Å²) in [5.74, 6) is 0.138. The summed E-state index contributed by atoms with van der Waals surface area (Å²) in [6, 6.07) is 0.144. The number of nitrogens with one attached hydrogen (secondary N) is 1. The number of carbonyl (C=O) groups is 2. The van der Waals surface area contributed by atoms with E-state index in [0.29, 0.717) is 13.0 Å². The van der Waals surface area contributed by atoms with Crippen LogP contribution in [0, 0.1) is 0 Å². The molecular formula is C8H14N2O2. The van der Waals surface area contributed by atoms with Gasteiger partial charge in [-0.05, 0) is 6.42 Å². The SMILES string of the molecule is CC(=O)NC1CCC(=O)N(C)C1. The number of likely N-dealkylation sites (N-methyl/N-ethyl adjacent to an activating group) is 1. The van der Waals surface area contributed by atoms with Crippen LogP contribution in [0.25, 0.3) is 0 Å². The van der Waals surface area contributed by atoms with Gasteiger partial charge < -0.3 is 10.2 Å². The van der Waals surface area contributed by atoms with E-state index in [0.717, 1.165) is 6.42 Å². The van der Waals surface area contributed by atoms with E-state index in [1.165, 1.54) is 6.92 Å². The Kier molecular flexibility index (Phi) is 2.68. The quantitative estimate of drug-likeness (QED) is 0.589. The molecule has 4 nitrogen and oxygen atoms in total. The van der Waals surface area contributed by atoms with Crippen LogP contribution in [-0.2, 0) is 9.59 Å². The number of carbonyl (C=O) groups excluding carboxylic acids is 2. The Labute approximate surface area is 71.9 Å². The summed E-state index contributed by atoms with van der Waals surface area (Å²) in [4.78, 5) is 23.4. The topological polar surface area (TPSA) is 49.4 Å². The van der Waals surface area contributed by atoms with Crippen molar-refractivity contribution < 1.29 is 9.59 Å². The van der Waals surface area contributed by atoms with Crippen LogP contribution in [0.1, 0.15) is 19.8 Å². The molecule has 0 bridgehead atoms. The fourth-order valence-electron chi connectivity index (χ4n) is 1.42. The molecule has 0 radical (unpaired) electrons. The van der Waals surface area contributed by atoms with E-state index in [9.17, 15) is 9.59 Å². The molecule has 1 saturated heterocycles. The van der Waals surface area contributed by atoms with Crippen molar-refractivity contribution in [3.05, 3.63) is 0 Å². The van der Waals surface area contributed by atoms with E-state index < -0.39 is 0 Å². The Hall–Kier alpha value is -1.06. The highest BCUT2D eigenvalue weighted by molar-refractivity contribution is 5.78. The minimum absolute atomic E-state index is 0.0252. The standard InChI is InChI=1S/C8H14N2O2/c1-6(11)9-7-3-4-8(12)10(2)5-7/h7H,3-5H2,1-2H3,(H,9,11). The summed E-state index contributed by atoms with van der Waals surface area (Å²) in [5, 5.41) is 2.80. The number of hydrogen-bond donors (Lipinski definition) is 1. The van der Waals surface area contributed by atoms with E-state index in [4.69, 9.17) is 0 Å². The normalized spacial score (nSPS) is 24.0. The van der Waals surface area contributed by atoms with Crippen LogP contribution in [0.3, 0.4) is 0 Å². The first kappa shape index (κ1) is 9.03. The van der Waals surface area contributed by atoms with Crippen LogP contribution in [-0.4, -0.2) is 36.3 Å². The van der Waals surface area contributed by atoms with Gasteiger partial charge in [-0.1, -0.05) is 0 Å². The summed E-state index contributed by atoms with van der Waals surface area (Å²) in [7, 11) is 1.76. The highest BCUT2D eigenvalue weighted by Crippen LogP contribution is 2.08. The molecule has 0 aromatic carbocycles. The lowest BCUT2D eigenvalue weighted by atomic mass is 10.1. The lowest BCUT2D eigenvalue weighted by Crippen LogP contribution is -2.47. The fraction of sp³-hybridized carbons (Fsp3) is 0.750. The van der Waals surface area contributed by atoms with Crippen molar-refractivity contribution in [1.29, 1.82) is 0 Å². The number of rotatable bonds is 1. The molecule has 1 rings (SSSR count). The van der Waals surface area contributed by atoms with E-state index in [1.54, 1.807) is 11.9 Å². The molecule has 1 atom stereocenters. The first-order chi connectivity index (χ1) is 5.59. The molecule has 1 heterocycles. The summed E-state index contributed by atoms with van der Waals surface area (Å²) in [6.07, 6.45) is 1.31. The molecular weight excluding hydrogens is 156 g/mol. The van der Waals surface area contributed by atoms with Crippen molar-refractivity contribution in [2.45, 2.75) is 25.8 Å². The van der Waals surface area contributed by atoms with Gasteiger partial charge in [0.05, 0.1) is 0 Å². The average Bonchev–Trinajstić information content (AvgIpc) is 1.96. The van der Waals surface area contributed by atoms with Gasteiger partial charge in [0.15, 0.2) is 0 Å². The van der Waals surface area contributed by atoms with Crippen molar-refractivity contribution in [2.75, 3.05) is 13.6 Å². The van der Waals surface area contributed by atoms with Gasteiger partial charge in [0.2, 0.25) is 11.8 Å². The molecule has 68 valence electrons. The molecule has 1 aliphatic rings. The zero-order valence-electron chi connectivity index (χ0n) is 7.46. The first-order valence-electron chi connectivity index (χ1n) is 4.10. The molecule has 2 amide bonds. The van der Waals surface area contributed by atoms with Crippen molar-refractivity contribution in [3.63, 3.8) is 0 Å². The Bertz CT molecular complexity index is 203. The minimum atomic E-state index is -0.0252. The number of likely N-dealkylation sites (tertiary alicyclic amines) is 1. The molecule has 4 heteroatoms. The molecule has 1 fully saturated rings. The third-order valence-electron chi connectivity index (χ3n) is 2.03. The van der Waals surface area contributed by atoms with Crippen molar-refractivity contribution in [2.24, 2.45) is 0 Å². The molecule has 0 saturated carbocycles. The average molecular weight is 170 g/mol. The maximum atomic E-state index is 11.0. The molecule has 1 unspecified atom stereocenters. The van der Waals surface area contributed by atoms with Crippen molar-refractivity contribution >= 4 is 11.8 Å². The molecule has 0 aromatic rings. The number of piperidine rings is 1. The lowest BCUT2D eigenvalue weighted by molar-refractivity contribution is -0.133. The van der Waals surface area contributed by atoms with Crippen LogP contribution in [0.4, 0.5) is 0 Å². The fourth-order valence-corrected chi connectivity index (χ4v) is 1.42. The van der Waals surface area contributed by atoms with Crippen molar-refractivity contribution in [3.8, 4) is 0 Å². The molecule has 12 heavy (non-hydrogen) atoms. The zero-order chi connectivity index (χ0) is 9.14. The number of amides is 2. The molecule has 0 spiro atoms. The second kappa shape index (κ2) is 3.56. The zero-order valence-corrected chi connectivity index (χ0v) is 7.46. The highest BCUT2D eigenvalue weighted by atomic mass is 16.2. The second-order valence-electron chi connectivity index (χ2n) is 3.21. The van der Waals surface area contributed by atoms with Crippen LogP contribution in [0.15, 0.2) is 0 Å². The lowest BCUT2D eigenvalue weighted by Gasteiger charge is -2.29. The van der Waals surface area contributed by atoms with Crippen LogP contribution in [0.2, 0.25) is 0 Å². The van der Waals surface area contributed by atoms with E-state index in [1.807, 2.05) is 0 Å². The third-order valence-corrected chi connectivity index (χ3v) is 2.03. The monoisotopic (exact) mass is 170 g/mol. The van der Waals surface area contributed by atoms with E-state index >= 15 is 0 Å². The summed E-state index contributed by atoms with van der Waals surface area (Å²) < 4.78 is 0. The largest absolute Gasteiger partial charge is 0.352 e. The predicted molar refractivity (Wildman–Crippen MR) is 44.5 cm³/mol. The Morgan fingerprint density at radius 3 is 2.83 bits per heavy atom. The minimum Gasteiger partial charge on any atom is -0.352 e. The predicted octanol–water partition coefficient (Wildman–Crippen LogP) is -0.257. The van der Waals surface area contributed by atoms with Crippen molar-refractivity contribution in [1.82, 2.24) is 10.2 Å². The Morgan fingerprint density at radius 2 is 2.33 bits per heavy atom. The summed E-state index contributed by atoms with van der Waals surface area (Å²) in [6.45, 7) is 2.13.